The molecule has 0 aliphatic heterocycles. The van der Waals surface area contributed by atoms with Gasteiger partial charge in [-0.05, 0) is 287 Å². The summed E-state index contributed by atoms with van der Waals surface area (Å²) >= 11 is 0. The lowest BCUT2D eigenvalue weighted by Gasteiger charge is -2.27. The minimum atomic E-state index is 0.461. The summed E-state index contributed by atoms with van der Waals surface area (Å²) in [6.07, 6.45) is 0. The fraction of sp³-hybridized carbons (Fsp3) is 0. The molecule has 0 fully saturated rings. The second kappa shape index (κ2) is 33.4. The van der Waals surface area contributed by atoms with Gasteiger partial charge in [0, 0.05) is 102 Å². The van der Waals surface area contributed by atoms with Crippen molar-refractivity contribution in [1.29, 1.82) is 0 Å². The zero-order chi connectivity index (χ0) is 77.8. The molecule has 0 saturated carbocycles. The quantitative estimate of drug-likeness (QED) is 0.0595. The summed E-state index contributed by atoms with van der Waals surface area (Å²) in [5, 5.41) is 0. The molecule has 0 aliphatic carbocycles. The van der Waals surface area contributed by atoms with Crippen LogP contribution in [-0.4, -0.2) is 0 Å². The van der Waals surface area contributed by atoms with Crippen molar-refractivity contribution in [2.24, 2.45) is 0 Å². The van der Waals surface area contributed by atoms with Crippen LogP contribution < -0.4 is 34.1 Å². The maximum Gasteiger partial charge on any atom is 0.127 e. The van der Waals surface area contributed by atoms with E-state index in [0.717, 1.165) is 147 Å². The van der Waals surface area contributed by atoms with E-state index in [0.29, 0.717) is 17.5 Å². The molecule has 7 nitrogen and oxygen atoms in total. The Morgan fingerprint density at radius 2 is 0.243 bits per heavy atom. The maximum absolute atomic E-state index is 8.44. The third-order valence-corrected chi connectivity index (χ3v) is 20.8. The number of para-hydroxylation sites is 8. The molecule has 115 heavy (non-hydrogen) atoms. The van der Waals surface area contributed by atoms with Crippen LogP contribution in [0.5, 0.6) is 11.5 Å². The van der Waals surface area contributed by atoms with Gasteiger partial charge in [-0.2, -0.15) is 0 Å². The van der Waals surface area contributed by atoms with Crippen LogP contribution in [0.25, 0.3) is 44.5 Å². The fourth-order valence-electron chi connectivity index (χ4n) is 15.1. The molecule has 18 aromatic rings. The number of benzene rings is 18. The van der Waals surface area contributed by atoms with Crippen LogP contribution in [0, 0.1) is 0 Å². The molecular weight excluding hydrogens is 1400 g/mol. The van der Waals surface area contributed by atoms with Gasteiger partial charge in [-0.1, -0.05) is 243 Å². The molecule has 0 unspecified atom stereocenters. The molecule has 0 bridgehead atoms. The number of anilines is 18. The Balaban J connectivity index is 0.634. The average molecular weight is 1480 g/mol. The van der Waals surface area contributed by atoms with Crippen LogP contribution in [0.2, 0.25) is 0 Å². The van der Waals surface area contributed by atoms with Crippen molar-refractivity contribution in [3.8, 4) is 56.0 Å². The molecule has 18 rings (SSSR count). The second-order valence-corrected chi connectivity index (χ2v) is 28.1. The lowest BCUT2D eigenvalue weighted by atomic mass is 10.0. The summed E-state index contributed by atoms with van der Waals surface area (Å²) in [6.45, 7) is 0. The molecule has 18 aromatic carbocycles. The minimum absolute atomic E-state index is 0.461. The first-order chi connectivity index (χ1) is 57.4. The summed E-state index contributed by atoms with van der Waals surface area (Å²) < 4.78 is 15.2. The lowest BCUT2D eigenvalue weighted by molar-refractivity contribution is 0.483. The highest BCUT2D eigenvalue weighted by Crippen LogP contribution is 2.45. The number of rotatable bonds is 24. The standard InChI is InChI=1S/C108H80N6O/c1-9-25-89(26-10-1)109(90-27-11-2-12-28-90)97-57-41-81(42-58-97)85-49-65-101(66-50-85)113(102-67-51-86(52-68-102)82-43-59-98(60-44-82)110(91-29-13-3-14-30-91)92-31-15-4-16-32-92)105-73-77-107(78-74-105)115-108-79-75-106(76-80-108)114(103-69-53-87(54-70-103)83-45-61-99(62-46-83)111(93-33-17-5-18-34-93)94-35-19-6-20-36-94)104-71-55-88(56-72-104)84-47-63-100(64-48-84)112(95-37-21-7-22-38-95)96-39-23-8-24-40-96/h1-80H/i9T. The zero-order valence-corrected chi connectivity index (χ0v) is 63.2. The van der Waals surface area contributed by atoms with Crippen molar-refractivity contribution in [3.63, 3.8) is 0 Å². The van der Waals surface area contributed by atoms with Crippen molar-refractivity contribution in [2.75, 3.05) is 29.4 Å². The first-order valence-corrected chi connectivity index (χ1v) is 38.8. The summed E-state index contributed by atoms with van der Waals surface area (Å²) in [7, 11) is 0. The number of hydrogen-bond donors (Lipinski definition) is 0. The first-order valence-electron chi connectivity index (χ1n) is 39.3. The normalized spacial score (nSPS) is 11.1. The van der Waals surface area contributed by atoms with E-state index in [4.69, 9.17) is 6.11 Å². The fourth-order valence-corrected chi connectivity index (χ4v) is 15.1. The predicted molar refractivity (Wildman–Crippen MR) is 483 cm³/mol. The Labute approximate surface area is 674 Å². The minimum Gasteiger partial charge on any atom is -0.457 e. The van der Waals surface area contributed by atoms with Crippen molar-refractivity contribution < 1.29 is 6.11 Å². The van der Waals surface area contributed by atoms with Crippen LogP contribution in [0.1, 0.15) is 1.37 Å². The van der Waals surface area contributed by atoms with E-state index in [9.17, 15) is 0 Å². The molecule has 0 saturated heterocycles. The van der Waals surface area contributed by atoms with Gasteiger partial charge >= 0.3 is 0 Å². The van der Waals surface area contributed by atoms with Crippen LogP contribution in [0.15, 0.2) is 485 Å². The van der Waals surface area contributed by atoms with Crippen molar-refractivity contribution >= 4 is 102 Å². The highest BCUT2D eigenvalue weighted by molar-refractivity contribution is 5.87. The Hall–Kier alpha value is -15.4. The molecule has 0 aliphatic rings. The van der Waals surface area contributed by atoms with E-state index in [-0.39, 0.29) is 0 Å². The van der Waals surface area contributed by atoms with Crippen molar-refractivity contribution in [3.05, 3.63) is 485 Å². The SMILES string of the molecule is [3H]c1cccc(N(c2ccccc2)c2ccc(-c3ccc(N(c4ccc(Oc5ccc(N(c6ccc(-c7ccc(N(c8ccccc8)c8ccccc8)cc7)cc6)c6ccc(-c7ccc(N(c8ccccc8)c8ccccc8)cc7)cc6)cc5)cc4)c4ccc(-c5ccc(N(c6ccccc6)c6ccccc6)cc5)cc4)cc3)cc2)c1. The summed E-state index contributed by atoms with van der Waals surface area (Å²) in [4.78, 5) is 13.7. The van der Waals surface area contributed by atoms with E-state index in [1.54, 1.807) is 0 Å². The number of ether oxygens (including phenoxy) is 1. The van der Waals surface area contributed by atoms with Gasteiger partial charge in [0.1, 0.15) is 11.5 Å². The molecule has 0 heterocycles. The van der Waals surface area contributed by atoms with Crippen molar-refractivity contribution in [2.45, 2.75) is 0 Å². The van der Waals surface area contributed by atoms with Crippen LogP contribution >= 0.6 is 0 Å². The van der Waals surface area contributed by atoms with Gasteiger partial charge < -0.3 is 34.1 Å². The van der Waals surface area contributed by atoms with Gasteiger partial charge in [0.05, 0.1) is 1.37 Å². The highest BCUT2D eigenvalue weighted by Gasteiger charge is 2.21. The second-order valence-electron chi connectivity index (χ2n) is 28.1. The third kappa shape index (κ3) is 15.9. The highest BCUT2D eigenvalue weighted by atomic mass is 16.5. The van der Waals surface area contributed by atoms with Crippen LogP contribution in [0.4, 0.5) is 102 Å². The molecular formula is C108H80N6O. The van der Waals surface area contributed by atoms with Crippen LogP contribution in [-0.2, 0) is 0 Å². The molecule has 548 valence electrons. The summed E-state index contributed by atoms with van der Waals surface area (Å²) in [6, 6.07) is 169. The topological polar surface area (TPSA) is 28.7 Å². The van der Waals surface area contributed by atoms with Gasteiger partial charge in [0.2, 0.25) is 0 Å². The summed E-state index contributed by atoms with van der Waals surface area (Å²) in [5.41, 5.74) is 27.6. The van der Waals surface area contributed by atoms with Crippen molar-refractivity contribution in [1.82, 2.24) is 0 Å². The van der Waals surface area contributed by atoms with Gasteiger partial charge in [0.15, 0.2) is 0 Å². The number of hydrogen-bond acceptors (Lipinski definition) is 7. The maximum atomic E-state index is 8.44. The first kappa shape index (κ1) is 70.0. The Morgan fingerprint density at radius 1 is 0.122 bits per heavy atom. The molecule has 0 N–H and O–H groups in total. The predicted octanol–water partition coefficient (Wildman–Crippen LogP) is 31.0. The van der Waals surface area contributed by atoms with Crippen LogP contribution in [0.3, 0.4) is 0 Å². The smallest absolute Gasteiger partial charge is 0.127 e. The Kier molecular flexibility index (Phi) is 20.3. The molecule has 7 heteroatoms. The van der Waals surface area contributed by atoms with E-state index in [1.807, 2.05) is 36.4 Å². The third-order valence-electron chi connectivity index (χ3n) is 20.8. The van der Waals surface area contributed by atoms with Gasteiger partial charge in [0.25, 0.3) is 0 Å². The Morgan fingerprint density at radius 3 is 0.391 bits per heavy atom. The van der Waals surface area contributed by atoms with E-state index in [1.165, 1.54) is 0 Å². The lowest BCUT2D eigenvalue weighted by Crippen LogP contribution is -2.10. The molecule has 0 spiro atoms. The number of nitrogens with zero attached hydrogens (tertiary/aromatic N) is 6. The largest absolute Gasteiger partial charge is 0.457 e. The average Bonchev–Trinajstić information content (AvgIpc) is 0.796. The molecule has 0 amide bonds. The zero-order valence-electron chi connectivity index (χ0n) is 64.2. The molecule has 0 atom stereocenters. The van der Waals surface area contributed by atoms with Gasteiger partial charge in [-0.15, -0.1) is 0 Å². The van der Waals surface area contributed by atoms with Gasteiger partial charge in [-0.25, -0.2) is 0 Å². The Bertz CT molecular complexity index is 5920. The molecule has 0 aromatic heterocycles. The molecule has 0 radical (unpaired) electrons. The van der Waals surface area contributed by atoms with E-state index >= 15 is 0 Å². The van der Waals surface area contributed by atoms with E-state index in [2.05, 4.69) is 472 Å². The van der Waals surface area contributed by atoms with E-state index < -0.39 is 0 Å². The van der Waals surface area contributed by atoms with Gasteiger partial charge in [-0.3, -0.25) is 0 Å². The summed E-state index contributed by atoms with van der Waals surface area (Å²) in [5.74, 6) is 1.42. The monoisotopic (exact) mass is 1480 g/mol.